The van der Waals surface area contributed by atoms with Crippen LogP contribution in [0, 0.1) is 28.4 Å². The summed E-state index contributed by atoms with van der Waals surface area (Å²) in [6, 6.07) is 6.14. The van der Waals surface area contributed by atoms with Crippen LogP contribution in [0.2, 0.25) is 0 Å². The maximum atomic E-state index is 11.1. The van der Waals surface area contributed by atoms with Crippen LogP contribution >= 0.6 is 0 Å². The van der Waals surface area contributed by atoms with Crippen LogP contribution in [0.15, 0.2) is 24.4 Å². The number of nitrogens with zero attached hydrogens (tertiary/aromatic N) is 4. The molecule has 0 unspecified atom stereocenters. The second-order valence-electron chi connectivity index (χ2n) is 4.81. The quantitative estimate of drug-likeness (QED) is 0.688. The van der Waals surface area contributed by atoms with E-state index in [0.29, 0.717) is 5.69 Å². The molecule has 0 aliphatic heterocycles. The van der Waals surface area contributed by atoms with Crippen molar-refractivity contribution in [3.05, 3.63) is 51.3 Å². The molecule has 0 spiro atoms. The Morgan fingerprint density at radius 1 is 1.52 bits per heavy atom. The number of rotatable bonds is 4. The summed E-state index contributed by atoms with van der Waals surface area (Å²) in [7, 11) is 1.83. The normalized spacial score (nSPS) is 11.7. The van der Waals surface area contributed by atoms with E-state index in [0.717, 1.165) is 11.3 Å². The SMILES string of the molecule is Cc1nn(C)cc1[C@@H](C)Nc1ccc(C#N)cc1[N+](=O)[O-]. The summed E-state index contributed by atoms with van der Waals surface area (Å²) in [6.45, 7) is 3.80. The molecule has 1 atom stereocenters. The second kappa shape index (κ2) is 5.63. The molecule has 0 fully saturated rings. The van der Waals surface area contributed by atoms with Gasteiger partial charge in [-0.2, -0.15) is 10.4 Å². The fraction of sp³-hybridized carbons (Fsp3) is 0.286. The zero-order valence-corrected chi connectivity index (χ0v) is 12.0. The lowest BCUT2D eigenvalue weighted by Gasteiger charge is -2.14. The van der Waals surface area contributed by atoms with Gasteiger partial charge in [-0.1, -0.05) is 0 Å². The van der Waals surface area contributed by atoms with Crippen molar-refractivity contribution in [3.8, 4) is 6.07 Å². The van der Waals surface area contributed by atoms with Crippen molar-refractivity contribution < 1.29 is 4.92 Å². The van der Waals surface area contributed by atoms with E-state index in [9.17, 15) is 10.1 Å². The van der Waals surface area contributed by atoms with Crippen molar-refractivity contribution in [2.45, 2.75) is 19.9 Å². The fourth-order valence-electron chi connectivity index (χ4n) is 2.23. The Labute approximate surface area is 122 Å². The highest BCUT2D eigenvalue weighted by Gasteiger charge is 2.18. The summed E-state index contributed by atoms with van der Waals surface area (Å²) in [5.41, 5.74) is 2.37. The lowest BCUT2D eigenvalue weighted by Crippen LogP contribution is -2.09. The van der Waals surface area contributed by atoms with Gasteiger partial charge in [0.05, 0.1) is 28.3 Å². The summed E-state index contributed by atoms with van der Waals surface area (Å²) in [4.78, 5) is 10.6. The van der Waals surface area contributed by atoms with Crippen molar-refractivity contribution in [2.75, 3.05) is 5.32 Å². The number of hydrogen-bond acceptors (Lipinski definition) is 5. The third-order valence-corrected chi connectivity index (χ3v) is 3.21. The Bertz CT molecular complexity index is 729. The number of nitriles is 1. The van der Waals surface area contributed by atoms with Crippen LogP contribution in [0.4, 0.5) is 11.4 Å². The first-order valence-electron chi connectivity index (χ1n) is 6.37. The average molecular weight is 285 g/mol. The maximum absolute atomic E-state index is 11.1. The predicted molar refractivity (Wildman–Crippen MR) is 77.8 cm³/mol. The number of anilines is 1. The molecule has 0 radical (unpaired) electrons. The molecule has 108 valence electrons. The molecule has 0 saturated heterocycles. The van der Waals surface area contributed by atoms with E-state index in [1.807, 2.05) is 33.2 Å². The Kier molecular flexibility index (Phi) is 3.89. The third-order valence-electron chi connectivity index (χ3n) is 3.21. The van der Waals surface area contributed by atoms with Gasteiger partial charge in [-0.15, -0.1) is 0 Å². The summed E-state index contributed by atoms with van der Waals surface area (Å²) in [6.07, 6.45) is 1.88. The minimum Gasteiger partial charge on any atom is -0.373 e. The third kappa shape index (κ3) is 3.00. The fourth-order valence-corrected chi connectivity index (χ4v) is 2.23. The predicted octanol–water partition coefficient (Wildman–Crippen LogP) is 2.68. The Morgan fingerprint density at radius 2 is 2.24 bits per heavy atom. The Morgan fingerprint density at radius 3 is 2.76 bits per heavy atom. The molecule has 21 heavy (non-hydrogen) atoms. The summed E-state index contributed by atoms with van der Waals surface area (Å²) in [5, 5.41) is 27.3. The zero-order chi connectivity index (χ0) is 15.6. The van der Waals surface area contributed by atoms with E-state index < -0.39 is 4.92 Å². The van der Waals surface area contributed by atoms with Crippen LogP contribution in [0.5, 0.6) is 0 Å². The molecule has 7 heteroatoms. The van der Waals surface area contributed by atoms with Gasteiger partial charge in [-0.05, 0) is 26.0 Å². The second-order valence-corrected chi connectivity index (χ2v) is 4.81. The summed E-state index contributed by atoms with van der Waals surface area (Å²) >= 11 is 0. The number of hydrogen-bond donors (Lipinski definition) is 1. The van der Waals surface area contributed by atoms with Gasteiger partial charge in [0.25, 0.3) is 5.69 Å². The summed E-state index contributed by atoms with van der Waals surface area (Å²) in [5.74, 6) is 0. The number of nitrogens with one attached hydrogen (secondary N) is 1. The minimum atomic E-state index is -0.494. The molecule has 0 aliphatic carbocycles. The van der Waals surface area contributed by atoms with E-state index in [-0.39, 0.29) is 17.3 Å². The van der Waals surface area contributed by atoms with E-state index >= 15 is 0 Å². The highest BCUT2D eigenvalue weighted by molar-refractivity contribution is 5.64. The molecule has 0 amide bonds. The highest BCUT2D eigenvalue weighted by Crippen LogP contribution is 2.29. The van der Waals surface area contributed by atoms with Crippen molar-refractivity contribution in [3.63, 3.8) is 0 Å². The van der Waals surface area contributed by atoms with Gasteiger partial charge in [0.1, 0.15) is 5.69 Å². The van der Waals surface area contributed by atoms with E-state index in [1.165, 1.54) is 6.07 Å². The van der Waals surface area contributed by atoms with Crippen molar-refractivity contribution in [1.29, 1.82) is 5.26 Å². The zero-order valence-electron chi connectivity index (χ0n) is 12.0. The first-order valence-corrected chi connectivity index (χ1v) is 6.37. The molecule has 1 aromatic carbocycles. The molecular formula is C14H15N5O2. The standard InChI is InChI=1S/C14H15N5O2/c1-9(12-8-18(3)17-10(12)2)16-13-5-4-11(7-15)6-14(13)19(20)21/h4-6,8-9,16H,1-3H3/t9-/m1/s1. The number of aryl methyl sites for hydroxylation is 2. The average Bonchev–Trinajstić information content (AvgIpc) is 2.78. The molecule has 7 nitrogen and oxygen atoms in total. The van der Waals surface area contributed by atoms with Crippen LogP contribution in [-0.2, 0) is 7.05 Å². The maximum Gasteiger partial charge on any atom is 0.293 e. The molecule has 0 saturated carbocycles. The monoisotopic (exact) mass is 285 g/mol. The molecule has 1 N–H and O–H groups in total. The molecule has 2 aromatic rings. The lowest BCUT2D eigenvalue weighted by atomic mass is 10.1. The van der Waals surface area contributed by atoms with Gasteiger partial charge in [0.15, 0.2) is 0 Å². The lowest BCUT2D eigenvalue weighted by molar-refractivity contribution is -0.384. The van der Waals surface area contributed by atoms with Gasteiger partial charge < -0.3 is 5.32 Å². The topological polar surface area (TPSA) is 96.8 Å². The van der Waals surface area contributed by atoms with Crippen LogP contribution in [0.3, 0.4) is 0 Å². The number of nitro benzene ring substituents is 1. The smallest absolute Gasteiger partial charge is 0.293 e. The van der Waals surface area contributed by atoms with Gasteiger partial charge >= 0.3 is 0 Å². The van der Waals surface area contributed by atoms with Gasteiger partial charge in [-0.3, -0.25) is 14.8 Å². The first-order chi connectivity index (χ1) is 9.92. The molecule has 1 aromatic heterocycles. The van der Waals surface area contributed by atoms with Gasteiger partial charge in [0, 0.05) is 24.9 Å². The first kappa shape index (κ1) is 14.5. The van der Waals surface area contributed by atoms with E-state index in [1.54, 1.807) is 16.8 Å². The highest BCUT2D eigenvalue weighted by atomic mass is 16.6. The van der Waals surface area contributed by atoms with Crippen molar-refractivity contribution in [2.24, 2.45) is 7.05 Å². The molecule has 2 rings (SSSR count). The van der Waals surface area contributed by atoms with Gasteiger partial charge in [0.2, 0.25) is 0 Å². The van der Waals surface area contributed by atoms with Crippen LogP contribution in [0.25, 0.3) is 0 Å². The molecule has 0 aliphatic rings. The number of nitro groups is 1. The van der Waals surface area contributed by atoms with Crippen molar-refractivity contribution in [1.82, 2.24) is 9.78 Å². The molecule has 1 heterocycles. The van der Waals surface area contributed by atoms with Gasteiger partial charge in [-0.25, -0.2) is 0 Å². The minimum absolute atomic E-state index is 0.109. The van der Waals surface area contributed by atoms with Crippen LogP contribution in [0.1, 0.15) is 29.8 Å². The number of aromatic nitrogens is 2. The van der Waals surface area contributed by atoms with E-state index in [2.05, 4.69) is 10.4 Å². The van der Waals surface area contributed by atoms with Crippen LogP contribution in [-0.4, -0.2) is 14.7 Å². The molecule has 0 bridgehead atoms. The Hall–Kier alpha value is -2.88. The Balaban J connectivity index is 2.33. The number of benzene rings is 1. The van der Waals surface area contributed by atoms with Crippen molar-refractivity contribution >= 4 is 11.4 Å². The largest absolute Gasteiger partial charge is 0.373 e. The van der Waals surface area contributed by atoms with E-state index in [4.69, 9.17) is 5.26 Å². The summed E-state index contributed by atoms with van der Waals surface area (Å²) < 4.78 is 1.70. The van der Waals surface area contributed by atoms with Crippen LogP contribution < -0.4 is 5.32 Å². The molecular weight excluding hydrogens is 270 g/mol.